The van der Waals surface area contributed by atoms with E-state index in [1.165, 1.54) is 7.11 Å². The van der Waals surface area contributed by atoms with E-state index in [4.69, 9.17) is 16.3 Å². The van der Waals surface area contributed by atoms with Gasteiger partial charge in [-0.1, -0.05) is 29.3 Å². The van der Waals surface area contributed by atoms with Crippen LogP contribution in [0, 0.1) is 6.92 Å². The van der Waals surface area contributed by atoms with Crippen LogP contribution in [0.5, 0.6) is 5.75 Å². The van der Waals surface area contributed by atoms with Crippen molar-refractivity contribution in [2.75, 3.05) is 23.9 Å². The van der Waals surface area contributed by atoms with Gasteiger partial charge >= 0.3 is 0 Å². The fraction of sp³-hybridized carbons (Fsp3) is 0.200. The number of nitrogens with zero attached hydrogens (tertiary/aromatic N) is 1. The standard InChI is InChI=1S/C25H23ClN2O3/c1-16-5-3-6-19(13-16)25(30)28-12-4-7-17-14-18(8-10-22(17)28)24(29)27-21-15-20(26)9-11-23(21)31-2/h3,5-6,8-11,13-15H,4,7,12H2,1-2H3,(H,27,29). The van der Waals surface area contributed by atoms with Gasteiger partial charge in [-0.2, -0.15) is 0 Å². The number of aryl methyl sites for hydroxylation is 2. The van der Waals surface area contributed by atoms with Crippen LogP contribution in [0.4, 0.5) is 11.4 Å². The number of benzene rings is 3. The van der Waals surface area contributed by atoms with Gasteiger partial charge in [-0.25, -0.2) is 0 Å². The van der Waals surface area contributed by atoms with E-state index in [1.54, 1.807) is 29.2 Å². The van der Waals surface area contributed by atoms with Gasteiger partial charge in [0, 0.05) is 28.4 Å². The first kappa shape index (κ1) is 20.9. The molecular weight excluding hydrogens is 412 g/mol. The molecule has 0 radical (unpaired) electrons. The summed E-state index contributed by atoms with van der Waals surface area (Å²) in [6.07, 6.45) is 1.66. The summed E-state index contributed by atoms with van der Waals surface area (Å²) in [5, 5.41) is 3.37. The van der Waals surface area contributed by atoms with E-state index in [9.17, 15) is 9.59 Å². The fourth-order valence-electron chi connectivity index (χ4n) is 3.86. The van der Waals surface area contributed by atoms with Gasteiger partial charge < -0.3 is 15.0 Å². The number of hydrogen-bond acceptors (Lipinski definition) is 3. The van der Waals surface area contributed by atoms with Crippen LogP contribution in [0.1, 0.15) is 38.3 Å². The molecule has 0 saturated heterocycles. The Morgan fingerprint density at radius 1 is 1.03 bits per heavy atom. The third kappa shape index (κ3) is 4.42. The molecule has 0 aromatic heterocycles. The van der Waals surface area contributed by atoms with Crippen LogP contribution in [0.25, 0.3) is 0 Å². The van der Waals surface area contributed by atoms with Gasteiger partial charge in [-0.15, -0.1) is 0 Å². The molecule has 5 nitrogen and oxygen atoms in total. The molecule has 6 heteroatoms. The molecule has 0 aliphatic carbocycles. The van der Waals surface area contributed by atoms with Gasteiger partial charge in [-0.3, -0.25) is 9.59 Å². The molecule has 158 valence electrons. The van der Waals surface area contributed by atoms with Crippen LogP contribution >= 0.6 is 11.6 Å². The average Bonchev–Trinajstić information content (AvgIpc) is 2.78. The summed E-state index contributed by atoms with van der Waals surface area (Å²) in [6, 6.07) is 18.1. The maximum absolute atomic E-state index is 13.1. The summed E-state index contributed by atoms with van der Waals surface area (Å²) in [5.41, 5.74) is 4.58. The number of ether oxygens (including phenoxy) is 1. The maximum atomic E-state index is 13.1. The number of nitrogens with one attached hydrogen (secondary N) is 1. The molecule has 2 amide bonds. The first-order valence-corrected chi connectivity index (χ1v) is 10.5. The molecule has 1 N–H and O–H groups in total. The highest BCUT2D eigenvalue weighted by Gasteiger charge is 2.24. The highest BCUT2D eigenvalue weighted by Crippen LogP contribution is 2.31. The quantitative estimate of drug-likeness (QED) is 0.589. The van der Waals surface area contributed by atoms with E-state index in [-0.39, 0.29) is 11.8 Å². The minimum atomic E-state index is -0.259. The zero-order valence-electron chi connectivity index (χ0n) is 17.4. The monoisotopic (exact) mass is 434 g/mol. The lowest BCUT2D eigenvalue weighted by atomic mass is 9.98. The Kier molecular flexibility index (Phi) is 5.96. The van der Waals surface area contributed by atoms with Gasteiger partial charge in [0.1, 0.15) is 5.75 Å². The molecule has 0 fully saturated rings. The number of carbonyl (C=O) groups is 2. The first-order valence-electron chi connectivity index (χ1n) is 10.1. The number of anilines is 2. The second-order valence-electron chi connectivity index (χ2n) is 7.57. The molecule has 0 atom stereocenters. The third-order valence-corrected chi connectivity index (χ3v) is 5.62. The van der Waals surface area contributed by atoms with Crippen molar-refractivity contribution in [3.63, 3.8) is 0 Å². The molecule has 31 heavy (non-hydrogen) atoms. The summed E-state index contributed by atoms with van der Waals surface area (Å²) < 4.78 is 5.30. The second-order valence-corrected chi connectivity index (χ2v) is 8.01. The second kappa shape index (κ2) is 8.82. The van der Waals surface area contributed by atoms with E-state index in [1.807, 2.05) is 43.3 Å². The highest BCUT2D eigenvalue weighted by atomic mass is 35.5. The lowest BCUT2D eigenvalue weighted by molar-refractivity contribution is 0.0984. The summed E-state index contributed by atoms with van der Waals surface area (Å²) in [6.45, 7) is 2.63. The first-order chi connectivity index (χ1) is 15.0. The number of halogens is 1. The molecule has 0 spiro atoms. The van der Waals surface area contributed by atoms with Gasteiger partial charge in [0.2, 0.25) is 0 Å². The van der Waals surface area contributed by atoms with E-state index in [0.717, 1.165) is 29.7 Å². The Balaban J connectivity index is 1.59. The number of rotatable bonds is 4. The van der Waals surface area contributed by atoms with Crippen molar-refractivity contribution in [2.45, 2.75) is 19.8 Å². The molecule has 0 saturated carbocycles. The van der Waals surface area contributed by atoms with E-state index >= 15 is 0 Å². The summed E-state index contributed by atoms with van der Waals surface area (Å²) in [5.74, 6) is 0.252. The van der Waals surface area contributed by atoms with Crippen LogP contribution in [-0.2, 0) is 6.42 Å². The lowest BCUT2D eigenvalue weighted by Crippen LogP contribution is -2.35. The van der Waals surface area contributed by atoms with Crippen molar-refractivity contribution in [3.8, 4) is 5.75 Å². The largest absolute Gasteiger partial charge is 0.495 e. The van der Waals surface area contributed by atoms with Crippen LogP contribution < -0.4 is 15.0 Å². The maximum Gasteiger partial charge on any atom is 0.258 e. The van der Waals surface area contributed by atoms with E-state index < -0.39 is 0 Å². The number of methoxy groups -OCH3 is 1. The van der Waals surface area contributed by atoms with E-state index in [0.29, 0.717) is 34.1 Å². The number of amides is 2. The van der Waals surface area contributed by atoms with Crippen LogP contribution in [0.15, 0.2) is 60.7 Å². The fourth-order valence-corrected chi connectivity index (χ4v) is 4.03. The highest BCUT2D eigenvalue weighted by molar-refractivity contribution is 6.31. The predicted octanol–water partition coefficient (Wildman–Crippen LogP) is 5.50. The smallest absolute Gasteiger partial charge is 0.258 e. The Morgan fingerprint density at radius 3 is 2.65 bits per heavy atom. The van der Waals surface area contributed by atoms with Gasteiger partial charge in [0.05, 0.1) is 12.8 Å². The molecule has 1 aliphatic rings. The molecule has 4 rings (SSSR count). The van der Waals surface area contributed by atoms with Crippen LogP contribution in [0.3, 0.4) is 0 Å². The number of carbonyl (C=O) groups excluding carboxylic acids is 2. The Morgan fingerprint density at radius 2 is 1.87 bits per heavy atom. The lowest BCUT2D eigenvalue weighted by Gasteiger charge is -2.30. The van der Waals surface area contributed by atoms with Crippen molar-refractivity contribution in [2.24, 2.45) is 0 Å². The zero-order valence-corrected chi connectivity index (χ0v) is 18.2. The molecule has 0 unspecified atom stereocenters. The molecule has 1 heterocycles. The van der Waals surface area contributed by atoms with Crippen LogP contribution in [-0.4, -0.2) is 25.5 Å². The topological polar surface area (TPSA) is 58.6 Å². The van der Waals surface area contributed by atoms with Crippen molar-refractivity contribution in [3.05, 3.63) is 87.9 Å². The molecular formula is C25H23ClN2O3. The van der Waals surface area contributed by atoms with E-state index in [2.05, 4.69) is 5.32 Å². The minimum Gasteiger partial charge on any atom is -0.495 e. The number of hydrogen-bond donors (Lipinski definition) is 1. The van der Waals surface area contributed by atoms with Crippen molar-refractivity contribution in [1.82, 2.24) is 0 Å². The Labute approximate surface area is 186 Å². The Hall–Kier alpha value is -3.31. The molecule has 3 aromatic carbocycles. The van der Waals surface area contributed by atoms with Crippen LogP contribution in [0.2, 0.25) is 5.02 Å². The summed E-state index contributed by atoms with van der Waals surface area (Å²) in [4.78, 5) is 27.8. The predicted molar refractivity (Wildman–Crippen MR) is 124 cm³/mol. The zero-order chi connectivity index (χ0) is 22.0. The SMILES string of the molecule is COc1ccc(Cl)cc1NC(=O)c1ccc2c(c1)CCCN2C(=O)c1cccc(C)c1. The summed E-state index contributed by atoms with van der Waals surface area (Å²) in [7, 11) is 1.54. The van der Waals surface area contributed by atoms with Crippen molar-refractivity contribution < 1.29 is 14.3 Å². The molecule has 1 aliphatic heterocycles. The number of fused-ring (bicyclic) bond motifs is 1. The molecule has 0 bridgehead atoms. The van der Waals surface area contributed by atoms with Crippen molar-refractivity contribution in [1.29, 1.82) is 0 Å². The van der Waals surface area contributed by atoms with Gasteiger partial charge in [0.15, 0.2) is 0 Å². The van der Waals surface area contributed by atoms with Gasteiger partial charge in [-0.05, 0) is 73.9 Å². The Bertz CT molecular complexity index is 1160. The summed E-state index contributed by atoms with van der Waals surface area (Å²) >= 11 is 6.06. The average molecular weight is 435 g/mol. The third-order valence-electron chi connectivity index (χ3n) is 5.38. The molecule has 3 aromatic rings. The van der Waals surface area contributed by atoms with Crippen molar-refractivity contribution >= 4 is 34.8 Å². The van der Waals surface area contributed by atoms with Gasteiger partial charge in [0.25, 0.3) is 11.8 Å². The normalized spacial score (nSPS) is 12.8. The minimum absolute atomic E-state index is 0.0227.